The van der Waals surface area contributed by atoms with Crippen LogP contribution in [0, 0.1) is 0 Å². The quantitative estimate of drug-likeness (QED) is 0.470. The average molecular weight is 225 g/mol. The van der Waals surface area contributed by atoms with Crippen molar-refractivity contribution in [2.75, 3.05) is 6.61 Å². The molecule has 0 spiro atoms. The number of carbonyl (C=O) groups excluding carboxylic acids is 1. The van der Waals surface area contributed by atoms with Crippen molar-refractivity contribution in [3.8, 4) is 5.75 Å². The molecule has 0 radical (unpaired) electrons. The van der Waals surface area contributed by atoms with Gasteiger partial charge in [0.05, 0.1) is 6.61 Å². The number of hydroxylamine groups is 1. The van der Waals surface area contributed by atoms with Crippen LogP contribution in [0.4, 0.5) is 0 Å². The van der Waals surface area contributed by atoms with Crippen LogP contribution in [0.1, 0.15) is 26.7 Å². The zero-order valence-corrected chi connectivity index (χ0v) is 9.77. The molecule has 1 aromatic carbocycles. The van der Waals surface area contributed by atoms with Gasteiger partial charge in [0.1, 0.15) is 5.75 Å². The summed E-state index contributed by atoms with van der Waals surface area (Å²) >= 11 is 0. The number of unbranched alkanes of at least 4 members (excludes halogenated alkanes) is 1. The third kappa shape index (κ3) is 9.02. The molecule has 4 nitrogen and oxygen atoms in total. The van der Waals surface area contributed by atoms with E-state index in [4.69, 9.17) is 9.94 Å². The maximum Gasteiger partial charge on any atom is 0.240 e. The Kier molecular flexibility index (Phi) is 9.02. The highest BCUT2D eigenvalue weighted by Gasteiger charge is 1.88. The van der Waals surface area contributed by atoms with Crippen LogP contribution in [0.3, 0.4) is 0 Å². The Morgan fingerprint density at radius 2 is 1.94 bits per heavy atom. The van der Waals surface area contributed by atoms with E-state index in [2.05, 4.69) is 6.92 Å². The summed E-state index contributed by atoms with van der Waals surface area (Å²) in [4.78, 5) is 9.45. The second kappa shape index (κ2) is 9.98. The number of amides is 1. The number of hydrogen-bond donors (Lipinski definition) is 2. The molecule has 0 aliphatic heterocycles. The zero-order valence-electron chi connectivity index (χ0n) is 9.77. The largest absolute Gasteiger partial charge is 0.494 e. The van der Waals surface area contributed by atoms with Gasteiger partial charge in [-0.2, -0.15) is 0 Å². The molecular formula is C12H19NO3. The average Bonchev–Trinajstić information content (AvgIpc) is 2.31. The predicted octanol–water partition coefficient (Wildman–Crippen LogP) is 2.38. The van der Waals surface area contributed by atoms with E-state index in [1.165, 1.54) is 18.8 Å². The van der Waals surface area contributed by atoms with Gasteiger partial charge in [-0.25, -0.2) is 5.48 Å². The molecule has 0 aromatic heterocycles. The van der Waals surface area contributed by atoms with Crippen molar-refractivity contribution in [2.24, 2.45) is 0 Å². The second-order valence-electron chi connectivity index (χ2n) is 3.18. The first-order valence-electron chi connectivity index (χ1n) is 5.29. The standard InChI is InChI=1S/C10H14O.C2H5NO2/c1-2-3-9-11-10-7-5-4-6-8-10;1-2(4)3-5/h4-8H,2-3,9H2,1H3;5H,1H3,(H,3,4). The number of rotatable bonds is 4. The fourth-order valence-corrected chi connectivity index (χ4v) is 0.851. The lowest BCUT2D eigenvalue weighted by Gasteiger charge is -2.03. The summed E-state index contributed by atoms with van der Waals surface area (Å²) in [6.45, 7) is 4.22. The van der Waals surface area contributed by atoms with Crippen molar-refractivity contribution in [2.45, 2.75) is 26.7 Å². The Morgan fingerprint density at radius 1 is 1.38 bits per heavy atom. The number of ether oxygens (including phenoxy) is 1. The number of carbonyl (C=O) groups is 1. The van der Waals surface area contributed by atoms with Gasteiger partial charge >= 0.3 is 0 Å². The smallest absolute Gasteiger partial charge is 0.240 e. The van der Waals surface area contributed by atoms with Gasteiger partial charge in [0.15, 0.2) is 0 Å². The summed E-state index contributed by atoms with van der Waals surface area (Å²) < 4.78 is 5.45. The lowest BCUT2D eigenvalue weighted by molar-refractivity contribution is -0.126. The first-order chi connectivity index (χ1) is 7.70. The van der Waals surface area contributed by atoms with E-state index in [9.17, 15) is 4.79 Å². The van der Waals surface area contributed by atoms with Crippen molar-refractivity contribution >= 4 is 5.91 Å². The first-order valence-corrected chi connectivity index (χ1v) is 5.29. The minimum atomic E-state index is -0.440. The Bertz CT molecular complexity index is 275. The normalized spacial score (nSPS) is 8.69. The summed E-state index contributed by atoms with van der Waals surface area (Å²) in [5, 5.41) is 7.54. The van der Waals surface area contributed by atoms with Crippen LogP contribution in [0.5, 0.6) is 5.75 Å². The Morgan fingerprint density at radius 3 is 2.38 bits per heavy atom. The fourth-order valence-electron chi connectivity index (χ4n) is 0.851. The zero-order chi connectivity index (χ0) is 12.2. The Balaban J connectivity index is 0.000000385. The third-order valence-electron chi connectivity index (χ3n) is 1.67. The van der Waals surface area contributed by atoms with Gasteiger partial charge < -0.3 is 4.74 Å². The molecule has 90 valence electrons. The van der Waals surface area contributed by atoms with Crippen LogP contribution >= 0.6 is 0 Å². The van der Waals surface area contributed by atoms with Gasteiger partial charge in [-0.3, -0.25) is 10.0 Å². The highest BCUT2D eigenvalue weighted by molar-refractivity contribution is 5.71. The molecule has 16 heavy (non-hydrogen) atoms. The van der Waals surface area contributed by atoms with Crippen LogP contribution in [0.2, 0.25) is 0 Å². The van der Waals surface area contributed by atoms with Gasteiger partial charge in [0, 0.05) is 6.92 Å². The molecule has 0 bridgehead atoms. The molecule has 1 aromatic rings. The molecule has 1 rings (SSSR count). The van der Waals surface area contributed by atoms with E-state index in [0.717, 1.165) is 18.8 Å². The van der Waals surface area contributed by atoms with Crippen molar-refractivity contribution in [1.82, 2.24) is 5.48 Å². The molecule has 0 saturated heterocycles. The van der Waals surface area contributed by atoms with Crippen LogP contribution in [0.25, 0.3) is 0 Å². The van der Waals surface area contributed by atoms with E-state index >= 15 is 0 Å². The van der Waals surface area contributed by atoms with Crippen molar-refractivity contribution in [3.63, 3.8) is 0 Å². The Hall–Kier alpha value is -1.55. The minimum Gasteiger partial charge on any atom is -0.494 e. The minimum absolute atomic E-state index is 0.440. The lowest BCUT2D eigenvalue weighted by Crippen LogP contribution is -2.12. The van der Waals surface area contributed by atoms with Crippen LogP contribution < -0.4 is 10.2 Å². The topological polar surface area (TPSA) is 58.6 Å². The first kappa shape index (κ1) is 14.5. The van der Waals surface area contributed by atoms with E-state index < -0.39 is 5.91 Å². The molecular weight excluding hydrogens is 206 g/mol. The Labute approximate surface area is 96.2 Å². The molecule has 0 aliphatic rings. The SMILES string of the molecule is CC(=O)NO.CCCCOc1ccccc1. The van der Waals surface area contributed by atoms with E-state index in [-0.39, 0.29) is 0 Å². The summed E-state index contributed by atoms with van der Waals surface area (Å²) in [5.41, 5.74) is 1.39. The molecule has 0 atom stereocenters. The van der Waals surface area contributed by atoms with Gasteiger partial charge in [0.2, 0.25) is 5.91 Å². The van der Waals surface area contributed by atoms with Crippen LogP contribution in [-0.4, -0.2) is 17.7 Å². The predicted molar refractivity (Wildman–Crippen MR) is 62.4 cm³/mol. The number of para-hydroxylation sites is 1. The van der Waals surface area contributed by atoms with Gasteiger partial charge in [-0.15, -0.1) is 0 Å². The van der Waals surface area contributed by atoms with Crippen molar-refractivity contribution in [1.29, 1.82) is 0 Å². The van der Waals surface area contributed by atoms with Gasteiger partial charge in [0.25, 0.3) is 0 Å². The summed E-state index contributed by atoms with van der Waals surface area (Å²) in [7, 11) is 0. The van der Waals surface area contributed by atoms with Gasteiger partial charge in [-0.1, -0.05) is 31.5 Å². The fraction of sp³-hybridized carbons (Fsp3) is 0.417. The molecule has 0 unspecified atom stereocenters. The number of benzene rings is 1. The monoisotopic (exact) mass is 225 g/mol. The van der Waals surface area contributed by atoms with Crippen molar-refractivity contribution < 1.29 is 14.7 Å². The summed E-state index contributed by atoms with van der Waals surface area (Å²) in [6, 6.07) is 9.93. The van der Waals surface area contributed by atoms with E-state index in [0.29, 0.717) is 0 Å². The summed E-state index contributed by atoms with van der Waals surface area (Å²) in [6.07, 6.45) is 2.32. The lowest BCUT2D eigenvalue weighted by atomic mass is 10.3. The van der Waals surface area contributed by atoms with E-state index in [1.54, 1.807) is 0 Å². The molecule has 0 saturated carbocycles. The second-order valence-corrected chi connectivity index (χ2v) is 3.18. The third-order valence-corrected chi connectivity index (χ3v) is 1.67. The van der Waals surface area contributed by atoms with Crippen molar-refractivity contribution in [3.05, 3.63) is 30.3 Å². The number of nitrogens with one attached hydrogen (secondary N) is 1. The molecule has 0 aliphatic carbocycles. The molecule has 1 amide bonds. The maximum absolute atomic E-state index is 9.45. The highest BCUT2D eigenvalue weighted by atomic mass is 16.5. The van der Waals surface area contributed by atoms with Gasteiger partial charge in [-0.05, 0) is 18.6 Å². The summed E-state index contributed by atoms with van der Waals surface area (Å²) in [5.74, 6) is 0.533. The molecule has 0 fully saturated rings. The van der Waals surface area contributed by atoms with E-state index in [1.807, 2.05) is 30.3 Å². The maximum atomic E-state index is 9.45. The molecule has 2 N–H and O–H groups in total. The highest BCUT2D eigenvalue weighted by Crippen LogP contribution is 2.08. The number of hydrogen-bond acceptors (Lipinski definition) is 3. The molecule has 4 heteroatoms. The van der Waals surface area contributed by atoms with Crippen LogP contribution in [-0.2, 0) is 4.79 Å². The molecule has 0 heterocycles. The van der Waals surface area contributed by atoms with Crippen LogP contribution in [0.15, 0.2) is 30.3 Å².